The fraction of sp³-hybridized carbons (Fsp3) is 0.500. The molecule has 0 saturated carbocycles. The van der Waals surface area contributed by atoms with Gasteiger partial charge in [0.1, 0.15) is 5.82 Å². The Morgan fingerprint density at radius 3 is 2.85 bits per heavy atom. The third kappa shape index (κ3) is 3.44. The lowest BCUT2D eigenvalue weighted by Crippen LogP contribution is -2.09. The van der Waals surface area contributed by atoms with Gasteiger partial charge in [-0.3, -0.25) is 4.79 Å². The minimum atomic E-state index is -2.96. The van der Waals surface area contributed by atoms with E-state index in [-0.39, 0.29) is 23.2 Å². The maximum Gasteiger partial charge on any atom is 0.191 e. The molecule has 0 bridgehead atoms. The van der Waals surface area contributed by atoms with Crippen molar-refractivity contribution in [2.75, 3.05) is 17.3 Å². The van der Waals surface area contributed by atoms with Crippen molar-refractivity contribution in [1.82, 2.24) is 14.8 Å². The summed E-state index contributed by atoms with van der Waals surface area (Å²) in [5, 5.41) is 8.99. The van der Waals surface area contributed by atoms with Gasteiger partial charge >= 0.3 is 0 Å². The number of carbonyl (C=O) groups is 1. The van der Waals surface area contributed by atoms with Gasteiger partial charge in [-0.1, -0.05) is 23.9 Å². The van der Waals surface area contributed by atoms with Crippen LogP contribution in [0.1, 0.15) is 46.1 Å². The molecule has 0 spiro atoms. The lowest BCUT2D eigenvalue weighted by molar-refractivity contribution is 0.102. The van der Waals surface area contributed by atoms with Gasteiger partial charge in [0.2, 0.25) is 0 Å². The Kier molecular flexibility index (Phi) is 4.64. The van der Waals surface area contributed by atoms with Crippen molar-refractivity contribution < 1.29 is 13.2 Å². The second kappa shape index (κ2) is 6.81. The van der Waals surface area contributed by atoms with Crippen molar-refractivity contribution in [1.29, 1.82) is 0 Å². The molecule has 2 aliphatic rings. The first-order valence-electron chi connectivity index (χ1n) is 8.80. The standard InChI is InChI=1S/C18H21N3O3S2/c1-21-17(15-7-8-26(23,24)11-15)19-20-18(21)25-10-16(22)14-6-5-12-3-2-4-13(12)9-14/h5-6,9,15H,2-4,7-8,10-11H2,1H3. The van der Waals surface area contributed by atoms with Crippen molar-refractivity contribution in [3.63, 3.8) is 0 Å². The normalized spacial score (nSPS) is 21.0. The summed E-state index contributed by atoms with van der Waals surface area (Å²) in [6.07, 6.45) is 3.92. The van der Waals surface area contributed by atoms with Crippen LogP contribution in [0, 0.1) is 0 Å². The van der Waals surface area contributed by atoms with Crippen LogP contribution < -0.4 is 0 Å². The highest BCUT2D eigenvalue weighted by Gasteiger charge is 2.32. The molecule has 138 valence electrons. The Labute approximate surface area is 157 Å². The Balaban J connectivity index is 1.43. The molecule has 1 aliphatic heterocycles. The molecule has 0 amide bonds. The van der Waals surface area contributed by atoms with Crippen molar-refractivity contribution in [2.45, 2.75) is 36.8 Å². The first-order valence-corrected chi connectivity index (χ1v) is 11.6. The molecule has 1 aromatic heterocycles. The zero-order valence-electron chi connectivity index (χ0n) is 14.6. The molecule has 1 unspecified atom stereocenters. The maximum atomic E-state index is 12.5. The van der Waals surface area contributed by atoms with E-state index in [1.54, 1.807) is 0 Å². The molecule has 1 aliphatic carbocycles. The first kappa shape index (κ1) is 17.7. The molecule has 1 fully saturated rings. The second-order valence-corrected chi connectivity index (χ2v) is 10.2. The number of nitrogens with zero attached hydrogens (tertiary/aromatic N) is 3. The second-order valence-electron chi connectivity index (χ2n) is 7.05. The third-order valence-electron chi connectivity index (χ3n) is 5.22. The SMILES string of the molecule is Cn1c(SCC(=O)c2ccc3c(c2)CCC3)nnc1C1CCS(=O)(=O)C1. The summed E-state index contributed by atoms with van der Waals surface area (Å²) in [5.74, 6) is 1.32. The largest absolute Gasteiger partial charge is 0.309 e. The summed E-state index contributed by atoms with van der Waals surface area (Å²) < 4.78 is 25.2. The zero-order valence-corrected chi connectivity index (χ0v) is 16.3. The van der Waals surface area contributed by atoms with Gasteiger partial charge in [0.05, 0.1) is 17.3 Å². The summed E-state index contributed by atoms with van der Waals surface area (Å²) in [6.45, 7) is 0. The van der Waals surface area contributed by atoms with Gasteiger partial charge in [-0.05, 0) is 42.9 Å². The van der Waals surface area contributed by atoms with Crippen molar-refractivity contribution in [3.8, 4) is 0 Å². The van der Waals surface area contributed by atoms with Crippen molar-refractivity contribution >= 4 is 27.4 Å². The Hall–Kier alpha value is -1.67. The predicted octanol–water partition coefficient (Wildman–Crippen LogP) is 2.18. The molecular formula is C18H21N3O3S2. The van der Waals surface area contributed by atoms with E-state index >= 15 is 0 Å². The number of fused-ring (bicyclic) bond motifs is 1. The van der Waals surface area contributed by atoms with Crippen LogP contribution in [0.3, 0.4) is 0 Å². The predicted molar refractivity (Wildman–Crippen MR) is 101 cm³/mol. The summed E-state index contributed by atoms with van der Waals surface area (Å²) in [4.78, 5) is 12.5. The van der Waals surface area contributed by atoms with E-state index < -0.39 is 9.84 Å². The summed E-state index contributed by atoms with van der Waals surface area (Å²) >= 11 is 1.35. The smallest absolute Gasteiger partial charge is 0.191 e. The average Bonchev–Trinajstić information content (AvgIpc) is 3.30. The number of Topliss-reactive ketones (excluding diaryl/α,β-unsaturated/α-hetero) is 1. The molecule has 4 rings (SSSR count). The highest BCUT2D eigenvalue weighted by Crippen LogP contribution is 2.30. The van der Waals surface area contributed by atoms with Gasteiger partial charge in [0.15, 0.2) is 20.8 Å². The molecule has 2 heterocycles. The first-order chi connectivity index (χ1) is 12.4. The van der Waals surface area contributed by atoms with E-state index in [0.717, 1.165) is 18.4 Å². The van der Waals surface area contributed by atoms with E-state index in [2.05, 4.69) is 16.3 Å². The molecule has 1 atom stereocenters. The molecule has 26 heavy (non-hydrogen) atoms. The fourth-order valence-electron chi connectivity index (χ4n) is 3.76. The number of aryl methyl sites for hydroxylation is 2. The number of ketones is 1. The van der Waals surface area contributed by atoms with Gasteiger partial charge in [-0.15, -0.1) is 10.2 Å². The number of carbonyl (C=O) groups excluding carboxylic acids is 1. The molecule has 6 nitrogen and oxygen atoms in total. The van der Waals surface area contributed by atoms with Crippen LogP contribution in [0.2, 0.25) is 0 Å². The summed E-state index contributed by atoms with van der Waals surface area (Å²) in [6, 6.07) is 6.01. The lowest BCUT2D eigenvalue weighted by atomic mass is 10.0. The number of aromatic nitrogens is 3. The van der Waals surface area contributed by atoms with Crippen LogP contribution >= 0.6 is 11.8 Å². The van der Waals surface area contributed by atoms with Gasteiger partial charge in [0.25, 0.3) is 0 Å². The molecular weight excluding hydrogens is 370 g/mol. The van der Waals surface area contributed by atoms with Crippen LogP contribution in [-0.4, -0.2) is 46.2 Å². The van der Waals surface area contributed by atoms with Gasteiger partial charge < -0.3 is 4.57 Å². The van der Waals surface area contributed by atoms with E-state index in [9.17, 15) is 13.2 Å². The molecule has 0 radical (unpaired) electrons. The number of benzene rings is 1. The Bertz CT molecular complexity index is 966. The quantitative estimate of drug-likeness (QED) is 0.574. The summed E-state index contributed by atoms with van der Waals surface area (Å²) in [7, 11) is -1.12. The minimum Gasteiger partial charge on any atom is -0.309 e. The number of hydrogen-bond donors (Lipinski definition) is 0. The van der Waals surface area contributed by atoms with Gasteiger partial charge in [0, 0.05) is 18.5 Å². The van der Waals surface area contributed by atoms with Crippen molar-refractivity contribution in [2.24, 2.45) is 7.05 Å². The number of sulfone groups is 1. The van der Waals surface area contributed by atoms with Crippen LogP contribution in [0.15, 0.2) is 23.4 Å². The number of thioether (sulfide) groups is 1. The van der Waals surface area contributed by atoms with E-state index in [4.69, 9.17) is 0 Å². The van der Waals surface area contributed by atoms with E-state index in [0.29, 0.717) is 23.2 Å². The fourth-order valence-corrected chi connectivity index (χ4v) is 6.32. The minimum absolute atomic E-state index is 0.0812. The van der Waals surface area contributed by atoms with Crippen molar-refractivity contribution in [3.05, 3.63) is 40.7 Å². The van der Waals surface area contributed by atoms with E-state index in [1.807, 2.05) is 23.7 Å². The topological polar surface area (TPSA) is 81.9 Å². The van der Waals surface area contributed by atoms with Crippen LogP contribution in [0.25, 0.3) is 0 Å². The number of rotatable bonds is 5. The van der Waals surface area contributed by atoms with Gasteiger partial charge in [-0.25, -0.2) is 8.42 Å². The maximum absolute atomic E-state index is 12.5. The van der Waals surface area contributed by atoms with E-state index in [1.165, 1.54) is 29.3 Å². The Morgan fingerprint density at radius 2 is 2.08 bits per heavy atom. The highest BCUT2D eigenvalue weighted by atomic mass is 32.2. The summed E-state index contributed by atoms with van der Waals surface area (Å²) in [5.41, 5.74) is 3.41. The highest BCUT2D eigenvalue weighted by molar-refractivity contribution is 7.99. The average molecular weight is 392 g/mol. The monoisotopic (exact) mass is 391 g/mol. The molecule has 1 aromatic carbocycles. The van der Waals surface area contributed by atoms with Crippen LogP contribution in [0.4, 0.5) is 0 Å². The lowest BCUT2D eigenvalue weighted by Gasteiger charge is -2.08. The Morgan fingerprint density at radius 1 is 1.27 bits per heavy atom. The molecule has 0 N–H and O–H groups in total. The van der Waals surface area contributed by atoms with Crippen LogP contribution in [0.5, 0.6) is 0 Å². The molecule has 1 saturated heterocycles. The molecule has 2 aromatic rings. The third-order valence-corrected chi connectivity index (χ3v) is 8.01. The van der Waals surface area contributed by atoms with Gasteiger partial charge in [-0.2, -0.15) is 0 Å². The molecule has 8 heteroatoms. The van der Waals surface area contributed by atoms with Crippen LogP contribution in [-0.2, 0) is 29.7 Å². The zero-order chi connectivity index (χ0) is 18.3. The number of hydrogen-bond acceptors (Lipinski definition) is 6.